The highest BCUT2D eigenvalue weighted by atomic mass is 35.5. The number of rotatable bonds is 10. The molecule has 0 aliphatic heterocycles. The van der Waals surface area contributed by atoms with E-state index in [0.717, 1.165) is 64.2 Å². The number of carbonyl (C=O) groups is 8. The first-order chi connectivity index (χ1) is 56.9. The summed E-state index contributed by atoms with van der Waals surface area (Å²) in [4.78, 5) is 89.5. The number of nitrogens with zero attached hydrogens (tertiary/aromatic N) is 1. The van der Waals surface area contributed by atoms with E-state index in [2.05, 4.69) is 127 Å². The maximum Gasteiger partial charge on any atom is 0.519 e. The Morgan fingerprint density at radius 2 is 0.710 bits per heavy atom. The third-order valence-electron chi connectivity index (χ3n) is 18.7. The molecule has 0 saturated heterocycles. The van der Waals surface area contributed by atoms with Gasteiger partial charge in [0.25, 0.3) is 6.47 Å². The topological polar surface area (TPSA) is 346 Å². The molecular formula is C90H143ClF8N7O17P. The summed E-state index contributed by atoms with van der Waals surface area (Å²) in [7, 11) is -0.446. The molecule has 4 amide bonds. The first-order valence-electron chi connectivity index (χ1n) is 42.5. The van der Waals surface area contributed by atoms with Crippen LogP contribution in [-0.4, -0.2) is 172 Å². The summed E-state index contributed by atoms with van der Waals surface area (Å²) in [6, 6.07) is 32.6. The Morgan fingerprint density at radius 1 is 0.435 bits per heavy atom. The molecule has 708 valence electrons. The average Bonchev–Trinajstić information content (AvgIpc) is 0.816. The third-order valence-corrected chi connectivity index (χ3v) is 21.2. The number of ketones is 1. The molecular weight excluding hydrogens is 1670 g/mol. The van der Waals surface area contributed by atoms with E-state index in [4.69, 9.17) is 46.8 Å². The Labute approximate surface area is 737 Å². The van der Waals surface area contributed by atoms with Gasteiger partial charge in [-0.05, 0) is 237 Å². The molecule has 124 heavy (non-hydrogen) atoms. The second-order valence-electron chi connectivity index (χ2n) is 36.2. The number of alkyl halides is 8. The largest absolute Gasteiger partial charge is 0.519 e. The summed E-state index contributed by atoms with van der Waals surface area (Å²) in [5, 5.41) is 33.2. The van der Waals surface area contributed by atoms with Gasteiger partial charge in [0, 0.05) is 113 Å². The van der Waals surface area contributed by atoms with Crippen LogP contribution in [0.4, 0.5) is 59.1 Å². The van der Waals surface area contributed by atoms with E-state index in [0.29, 0.717) is 89.7 Å². The van der Waals surface area contributed by atoms with Gasteiger partial charge < -0.3 is 81.0 Å². The third kappa shape index (κ3) is 61.6. The van der Waals surface area contributed by atoms with Crippen LogP contribution in [0.15, 0.2) is 91.0 Å². The first-order valence-corrected chi connectivity index (χ1v) is 43.9. The predicted molar refractivity (Wildman–Crippen MR) is 469 cm³/mol. The van der Waals surface area contributed by atoms with Crippen LogP contribution in [0.5, 0.6) is 0 Å². The number of carbonyl (C=O) groups excluding carboxylic acids is 8. The SMILES string of the molecule is CC(C)(C)OC(=O)NC1CCC(=O)CC1.CC(C)(C)OC(=O)NC1CCC(F)(F)CC1.CC(C)(C)OC(=O)NC1CCC(O)CC1.CC(C)(C)OC(=O)OC(=O)OC(C)(C)C.CCOC=O.Cl.NC1CCC(F)(F)CC1.NC1CCC(O)CC1.O=CNC1CCC(F)(F)CC1.[C-]#[N+]C1CCC(F)(F)CC1.c1ccc(P(c2ccccc2)c2ccccc2)cc1. The van der Waals surface area contributed by atoms with Gasteiger partial charge in [-0.2, -0.15) is 0 Å². The molecule has 7 aliphatic carbocycles. The number of hydrogen-bond donors (Lipinski definition) is 8. The zero-order chi connectivity index (χ0) is 93.5. The Morgan fingerprint density at radius 3 is 0.976 bits per heavy atom. The van der Waals surface area contributed by atoms with Gasteiger partial charge >= 0.3 is 30.6 Å². The lowest BCUT2D eigenvalue weighted by atomic mass is 9.92. The summed E-state index contributed by atoms with van der Waals surface area (Å²) in [5.74, 6) is -9.68. The number of amides is 4. The number of alkyl carbamates (subject to hydrolysis) is 3. The van der Waals surface area contributed by atoms with Crippen molar-refractivity contribution in [2.45, 2.75) is 397 Å². The molecule has 3 aromatic rings. The second-order valence-corrected chi connectivity index (χ2v) is 38.4. The van der Waals surface area contributed by atoms with Crippen molar-refractivity contribution in [3.63, 3.8) is 0 Å². The standard InChI is InChI=1S/C18H15P.C11H19F2NO2.C11H21NO3.C11H19NO3.C10H18O5.C7H11F2NO.C7H9F2N.C6H11F2N.C6H13NO.C3H6O2.ClH/c1-4-10-16(11-5-1)19(17-12-6-2-7-13-17)18-14-8-3-9-15-18;1-10(2,3)16-9(15)14-8-4-6-11(12,13)7-5-8;2*1-11(2,3)15-10(14)12-8-4-6-9(13)7-5-8;1-9(2,3)14-7(11)13-8(12)15-10(4,5)6;8-7(9)3-1-6(2-4-7)10-5-11;1-10-6-2-4-7(8,9)5-3-6;7-6(8)3-1-5(9)2-4-6;7-5-1-3-6(8)4-2-5;1-2-5-3-4;/h1-15H;8H,4-7H2,1-3H3,(H,14,15);8-9,13H,4-7H2,1-3H3,(H,12,14);8H,4-7H2,1-3H3,(H,12,14);1-6H3;5-6H,1-4H2,(H,10,11);6H,2-5H2;5H,1-4,9H2;5-6,8H,1-4,7H2;3H,2H2,1H3;1H. The van der Waals surface area contributed by atoms with Crippen molar-refractivity contribution in [1.29, 1.82) is 0 Å². The number of aliphatic hydroxyl groups excluding tert-OH is 2. The molecule has 24 nitrogen and oxygen atoms in total. The summed E-state index contributed by atoms with van der Waals surface area (Å²) in [5.41, 5.74) is 8.15. The fraction of sp³-hybridized carbons (Fsp3) is 0.700. The predicted octanol–water partition coefficient (Wildman–Crippen LogP) is 19.4. The van der Waals surface area contributed by atoms with Crippen molar-refractivity contribution < 1.29 is 117 Å². The zero-order valence-corrected chi connectivity index (χ0v) is 77.2. The molecule has 0 bridgehead atoms. The number of ether oxygens (including phenoxy) is 7. The molecule has 0 unspecified atom stereocenters. The number of benzene rings is 3. The first kappa shape index (κ1) is 116. The van der Waals surface area contributed by atoms with E-state index in [-0.39, 0.29) is 130 Å². The van der Waals surface area contributed by atoms with Crippen molar-refractivity contribution >= 4 is 85.5 Å². The molecule has 0 radical (unpaired) electrons. The van der Waals surface area contributed by atoms with Gasteiger partial charge in [-0.3, -0.25) is 14.4 Å². The number of hydrogen-bond acceptors (Lipinski definition) is 19. The van der Waals surface area contributed by atoms with Crippen molar-refractivity contribution in [2.75, 3.05) is 6.61 Å². The molecule has 0 spiro atoms. The van der Waals surface area contributed by atoms with Crippen LogP contribution < -0.4 is 48.6 Å². The minimum Gasteiger partial charge on any atom is -0.468 e. The van der Waals surface area contributed by atoms with Gasteiger partial charge in [0.15, 0.2) is 0 Å². The summed E-state index contributed by atoms with van der Waals surface area (Å²) in [6.45, 7) is 35.6. The lowest BCUT2D eigenvalue weighted by molar-refractivity contribution is -0.128. The van der Waals surface area contributed by atoms with Gasteiger partial charge in [0.05, 0.1) is 18.8 Å². The number of aliphatic hydroxyl groups is 2. The van der Waals surface area contributed by atoms with Crippen molar-refractivity contribution in [3.05, 3.63) is 102 Å². The molecule has 7 aliphatic rings. The Balaban J connectivity index is 0.00000137. The maximum atomic E-state index is 12.8. The normalized spacial score (nSPS) is 20.5. The van der Waals surface area contributed by atoms with Crippen LogP contribution in [0.25, 0.3) is 4.85 Å². The number of nitrogens with two attached hydrogens (primary N) is 2. The molecule has 0 aromatic heterocycles. The Bertz CT molecular complexity index is 3360. The van der Waals surface area contributed by atoms with Gasteiger partial charge in [0.1, 0.15) is 33.8 Å². The number of nitrogens with one attached hydrogen (secondary N) is 4. The van der Waals surface area contributed by atoms with Crippen LogP contribution in [-0.2, 0) is 47.5 Å². The van der Waals surface area contributed by atoms with Gasteiger partial charge in [-0.25, -0.2) is 65.7 Å². The highest BCUT2D eigenvalue weighted by Crippen LogP contribution is 2.37. The van der Waals surface area contributed by atoms with Crippen LogP contribution >= 0.6 is 20.3 Å². The fourth-order valence-corrected chi connectivity index (χ4v) is 14.7. The summed E-state index contributed by atoms with van der Waals surface area (Å²) < 4.78 is 133. The summed E-state index contributed by atoms with van der Waals surface area (Å²) in [6.07, 6.45) is 8.92. The molecule has 7 saturated carbocycles. The monoisotopic (exact) mass is 1810 g/mol. The van der Waals surface area contributed by atoms with E-state index >= 15 is 0 Å². The Hall–Kier alpha value is -7.69. The van der Waals surface area contributed by atoms with E-state index in [1.54, 1.807) is 69.2 Å². The highest BCUT2D eigenvalue weighted by molar-refractivity contribution is 7.79. The number of Topliss-reactive ketones (excluding diaryl/α,β-unsaturated/α-hetero) is 1. The number of halogens is 9. The average molecular weight is 1810 g/mol. The minimum absolute atomic E-state index is 0. The molecule has 7 fully saturated rings. The molecule has 3 aromatic carbocycles. The summed E-state index contributed by atoms with van der Waals surface area (Å²) >= 11 is 0. The van der Waals surface area contributed by atoms with Gasteiger partial charge in [-0.15, -0.1) is 12.4 Å². The van der Waals surface area contributed by atoms with E-state index < -0.39 is 78.0 Å². The highest BCUT2D eigenvalue weighted by Gasteiger charge is 2.39. The Kier molecular flexibility index (Phi) is 54.3. The van der Waals surface area contributed by atoms with E-state index in [1.807, 2.05) is 41.5 Å². The van der Waals surface area contributed by atoms with Crippen molar-refractivity contribution in [3.8, 4) is 0 Å². The lowest BCUT2D eigenvalue weighted by Gasteiger charge is -2.29. The van der Waals surface area contributed by atoms with E-state index in [9.17, 15) is 78.6 Å². The second kappa shape index (κ2) is 57.9. The van der Waals surface area contributed by atoms with Gasteiger partial charge in [0.2, 0.25) is 36.1 Å². The molecule has 34 heteroatoms. The molecule has 10 rings (SSSR count). The molecule has 0 atom stereocenters. The van der Waals surface area contributed by atoms with Crippen LogP contribution in [0, 0.1) is 6.57 Å². The van der Waals surface area contributed by atoms with Crippen molar-refractivity contribution in [1.82, 2.24) is 21.3 Å². The zero-order valence-electron chi connectivity index (χ0n) is 75.5. The van der Waals surface area contributed by atoms with Gasteiger partial charge in [-0.1, -0.05) is 91.0 Å². The lowest BCUT2D eigenvalue weighted by Crippen LogP contribution is -2.42. The quantitative estimate of drug-likeness (QED) is 0.0178. The van der Waals surface area contributed by atoms with Crippen LogP contribution in [0.2, 0.25) is 0 Å². The maximum absolute atomic E-state index is 12.8. The van der Waals surface area contributed by atoms with Crippen molar-refractivity contribution in [2.24, 2.45) is 11.5 Å². The van der Waals surface area contributed by atoms with Crippen LogP contribution in [0.3, 0.4) is 0 Å². The molecule has 0 heterocycles. The molecule has 10 N–H and O–H groups in total. The smallest absolute Gasteiger partial charge is 0.468 e. The van der Waals surface area contributed by atoms with Crippen LogP contribution in [0.1, 0.15) is 291 Å². The fourth-order valence-electron chi connectivity index (χ4n) is 12.4. The van der Waals surface area contributed by atoms with E-state index in [1.165, 1.54) is 15.9 Å². The minimum atomic E-state index is -2.56.